The van der Waals surface area contributed by atoms with Gasteiger partial charge in [-0.25, -0.2) is 0 Å². The number of hydrogen-bond donors (Lipinski definition) is 1. The summed E-state index contributed by atoms with van der Waals surface area (Å²) < 4.78 is 0. The van der Waals surface area contributed by atoms with E-state index in [1.165, 1.54) is 11.1 Å². The number of rotatable bonds is 4. The minimum absolute atomic E-state index is 0.0112. The van der Waals surface area contributed by atoms with Crippen LogP contribution in [0.15, 0.2) is 24.3 Å². The van der Waals surface area contributed by atoms with E-state index in [1.807, 2.05) is 19.9 Å². The van der Waals surface area contributed by atoms with Crippen molar-refractivity contribution in [1.29, 1.82) is 0 Å². The number of nitrogens with one attached hydrogen (secondary N) is 1. The molecule has 0 radical (unpaired) electrons. The fraction of sp³-hybridized carbons (Fsp3) is 0.462. The van der Waals surface area contributed by atoms with Crippen molar-refractivity contribution < 1.29 is 4.79 Å². The summed E-state index contributed by atoms with van der Waals surface area (Å²) in [4.78, 5) is 11.2. The highest BCUT2D eigenvalue weighted by Crippen LogP contribution is 2.14. The molecule has 0 saturated heterocycles. The van der Waals surface area contributed by atoms with E-state index >= 15 is 0 Å². The van der Waals surface area contributed by atoms with Crippen LogP contribution in [-0.4, -0.2) is 17.3 Å². The van der Waals surface area contributed by atoms with Crippen LogP contribution in [0.25, 0.3) is 0 Å². The Morgan fingerprint density at radius 3 is 2.69 bits per heavy atom. The summed E-state index contributed by atoms with van der Waals surface area (Å²) in [5.41, 5.74) is 2.19. The molecule has 1 aromatic rings. The molecule has 88 valence electrons. The van der Waals surface area contributed by atoms with Crippen molar-refractivity contribution in [2.45, 2.75) is 32.7 Å². The van der Waals surface area contributed by atoms with E-state index in [9.17, 15) is 4.79 Å². The van der Waals surface area contributed by atoms with Gasteiger partial charge in [0.15, 0.2) is 0 Å². The third-order valence-electron chi connectivity index (χ3n) is 2.33. The molecule has 1 N–H and O–H groups in total. The maximum absolute atomic E-state index is 11.2. The number of halogens is 1. The average Bonchev–Trinajstić information content (AvgIpc) is 2.15. The van der Waals surface area contributed by atoms with Crippen LogP contribution in [0.1, 0.15) is 25.0 Å². The van der Waals surface area contributed by atoms with Crippen LogP contribution in [0.2, 0.25) is 0 Å². The molecular formula is C13H18ClNO. The lowest BCUT2D eigenvalue weighted by Gasteiger charge is -2.26. The van der Waals surface area contributed by atoms with Crippen molar-refractivity contribution in [1.82, 2.24) is 5.32 Å². The first-order chi connectivity index (χ1) is 7.43. The Morgan fingerprint density at radius 2 is 2.12 bits per heavy atom. The van der Waals surface area contributed by atoms with Gasteiger partial charge < -0.3 is 5.32 Å². The molecule has 0 aliphatic heterocycles. The van der Waals surface area contributed by atoms with Crippen molar-refractivity contribution in [3.05, 3.63) is 35.4 Å². The first-order valence-electron chi connectivity index (χ1n) is 5.35. The van der Waals surface area contributed by atoms with E-state index in [1.54, 1.807) is 0 Å². The molecule has 0 atom stereocenters. The van der Waals surface area contributed by atoms with E-state index in [0.29, 0.717) is 0 Å². The largest absolute Gasteiger partial charge is 0.350 e. The Bertz CT molecular complexity index is 374. The lowest BCUT2D eigenvalue weighted by atomic mass is 9.94. The number of aryl methyl sites for hydroxylation is 1. The van der Waals surface area contributed by atoms with Gasteiger partial charge in [-0.05, 0) is 32.8 Å². The van der Waals surface area contributed by atoms with Crippen LogP contribution in [0, 0.1) is 6.92 Å². The summed E-state index contributed by atoms with van der Waals surface area (Å²) in [6, 6.07) is 8.30. The fourth-order valence-electron chi connectivity index (χ4n) is 1.79. The first-order valence-corrected chi connectivity index (χ1v) is 5.89. The van der Waals surface area contributed by atoms with Gasteiger partial charge in [-0.1, -0.05) is 29.8 Å². The van der Waals surface area contributed by atoms with Gasteiger partial charge in [-0.15, -0.1) is 11.6 Å². The summed E-state index contributed by atoms with van der Waals surface area (Å²) >= 11 is 5.47. The van der Waals surface area contributed by atoms with Crippen molar-refractivity contribution in [2.75, 3.05) is 5.88 Å². The fourth-order valence-corrected chi connectivity index (χ4v) is 1.85. The number of alkyl halides is 1. The van der Waals surface area contributed by atoms with Gasteiger partial charge in [0.05, 0.1) is 0 Å². The normalized spacial score (nSPS) is 11.2. The van der Waals surface area contributed by atoms with E-state index in [2.05, 4.69) is 30.4 Å². The second-order valence-electron chi connectivity index (χ2n) is 4.73. The number of benzene rings is 1. The Labute approximate surface area is 102 Å². The van der Waals surface area contributed by atoms with Crippen molar-refractivity contribution in [2.24, 2.45) is 0 Å². The summed E-state index contributed by atoms with van der Waals surface area (Å²) in [5, 5.41) is 2.90. The Kier molecular flexibility index (Phi) is 4.36. The van der Waals surface area contributed by atoms with E-state index in [-0.39, 0.29) is 17.3 Å². The third-order valence-corrected chi connectivity index (χ3v) is 2.57. The van der Waals surface area contributed by atoms with Gasteiger partial charge >= 0.3 is 0 Å². The highest BCUT2D eigenvalue weighted by Gasteiger charge is 2.20. The van der Waals surface area contributed by atoms with E-state index in [4.69, 9.17) is 11.6 Å². The topological polar surface area (TPSA) is 29.1 Å². The van der Waals surface area contributed by atoms with Gasteiger partial charge in [-0.3, -0.25) is 4.79 Å². The molecule has 1 aromatic carbocycles. The Hall–Kier alpha value is -1.02. The van der Waals surface area contributed by atoms with E-state index < -0.39 is 0 Å². The van der Waals surface area contributed by atoms with Gasteiger partial charge in [0.1, 0.15) is 5.88 Å². The monoisotopic (exact) mass is 239 g/mol. The molecular weight excluding hydrogens is 222 g/mol. The molecule has 1 amide bonds. The standard InChI is InChI=1S/C13H18ClNO/c1-10-5-4-6-11(7-10)8-13(2,3)15-12(16)9-14/h4-7H,8-9H2,1-3H3,(H,15,16). The molecule has 0 fully saturated rings. The maximum atomic E-state index is 11.2. The summed E-state index contributed by atoms with van der Waals surface area (Å²) in [7, 11) is 0. The van der Waals surface area contributed by atoms with Crippen LogP contribution in [0.4, 0.5) is 0 Å². The molecule has 3 heteroatoms. The maximum Gasteiger partial charge on any atom is 0.235 e. The van der Waals surface area contributed by atoms with Crippen LogP contribution in [0.3, 0.4) is 0 Å². The molecule has 0 aliphatic carbocycles. The smallest absolute Gasteiger partial charge is 0.235 e. The van der Waals surface area contributed by atoms with Gasteiger partial charge in [0.2, 0.25) is 5.91 Å². The molecule has 0 aliphatic rings. The summed E-state index contributed by atoms with van der Waals surface area (Å²) in [5.74, 6) is -0.114. The SMILES string of the molecule is Cc1cccc(CC(C)(C)NC(=O)CCl)c1. The number of carbonyl (C=O) groups is 1. The summed E-state index contributed by atoms with van der Waals surface area (Å²) in [6.45, 7) is 6.06. The molecule has 1 rings (SSSR count). The highest BCUT2D eigenvalue weighted by molar-refractivity contribution is 6.27. The van der Waals surface area contributed by atoms with Crippen LogP contribution in [0.5, 0.6) is 0 Å². The summed E-state index contributed by atoms with van der Waals surface area (Å²) in [6.07, 6.45) is 0.803. The molecule has 0 aromatic heterocycles. The van der Waals surface area contributed by atoms with Crippen LogP contribution < -0.4 is 5.32 Å². The zero-order valence-electron chi connectivity index (χ0n) is 10.0. The third kappa shape index (κ3) is 4.23. The van der Waals surface area contributed by atoms with Crippen LogP contribution in [-0.2, 0) is 11.2 Å². The predicted octanol–water partition coefficient (Wildman–Crippen LogP) is 2.67. The minimum Gasteiger partial charge on any atom is -0.350 e. The number of hydrogen-bond acceptors (Lipinski definition) is 1. The first kappa shape index (κ1) is 13.0. The Morgan fingerprint density at radius 1 is 1.44 bits per heavy atom. The van der Waals surface area contributed by atoms with Gasteiger partial charge in [0, 0.05) is 5.54 Å². The lowest BCUT2D eigenvalue weighted by Crippen LogP contribution is -2.45. The molecule has 0 saturated carbocycles. The Balaban J connectivity index is 2.68. The average molecular weight is 240 g/mol. The van der Waals surface area contributed by atoms with Crippen LogP contribution >= 0.6 is 11.6 Å². The van der Waals surface area contributed by atoms with E-state index in [0.717, 1.165) is 6.42 Å². The van der Waals surface area contributed by atoms with Crippen molar-refractivity contribution >= 4 is 17.5 Å². The molecule has 0 unspecified atom stereocenters. The zero-order chi connectivity index (χ0) is 12.2. The molecule has 0 bridgehead atoms. The highest BCUT2D eigenvalue weighted by atomic mass is 35.5. The van der Waals surface area contributed by atoms with Crippen molar-refractivity contribution in [3.63, 3.8) is 0 Å². The zero-order valence-corrected chi connectivity index (χ0v) is 10.8. The molecule has 2 nitrogen and oxygen atoms in total. The molecule has 0 heterocycles. The lowest BCUT2D eigenvalue weighted by molar-refractivity contribution is -0.120. The molecule has 0 spiro atoms. The minimum atomic E-state index is -0.264. The van der Waals surface area contributed by atoms with Gasteiger partial charge in [-0.2, -0.15) is 0 Å². The second-order valence-corrected chi connectivity index (χ2v) is 5.00. The number of amides is 1. The quantitative estimate of drug-likeness (QED) is 0.805. The van der Waals surface area contributed by atoms with Crippen molar-refractivity contribution in [3.8, 4) is 0 Å². The van der Waals surface area contributed by atoms with Gasteiger partial charge in [0.25, 0.3) is 0 Å². The molecule has 16 heavy (non-hydrogen) atoms. The number of carbonyl (C=O) groups excluding carboxylic acids is 1. The second kappa shape index (κ2) is 5.35. The predicted molar refractivity (Wildman–Crippen MR) is 67.8 cm³/mol.